The second-order valence-corrected chi connectivity index (χ2v) is 19.5. The Morgan fingerprint density at radius 3 is 1.73 bits per heavy atom. The van der Waals surface area contributed by atoms with Gasteiger partial charge in [-0.1, -0.05) is 34.6 Å². The monoisotopic (exact) mass is 879 g/mol. The first-order chi connectivity index (χ1) is 29.0. The highest BCUT2D eigenvalue weighted by Crippen LogP contribution is 2.62. The summed E-state index contributed by atoms with van der Waals surface area (Å²) in [6, 6.07) is -1.13. The Morgan fingerprint density at radius 1 is 0.683 bits per heavy atom. The quantitative estimate of drug-likeness (QED) is 0.0864. The average Bonchev–Trinajstić information content (AvgIpc) is 3.75. The lowest BCUT2D eigenvalue weighted by Crippen LogP contribution is -2.55. The van der Waals surface area contributed by atoms with Crippen LogP contribution in [0.5, 0.6) is 0 Å². The molecule has 0 aromatic carbocycles. The molecule has 344 valence electrons. The lowest BCUT2D eigenvalue weighted by molar-refractivity contribution is -0.143. The summed E-state index contributed by atoms with van der Waals surface area (Å²) in [7, 11) is 0. The largest absolute Gasteiger partial charge is 0.481 e. The van der Waals surface area contributed by atoms with Crippen LogP contribution in [0, 0.1) is 45.3 Å². The van der Waals surface area contributed by atoms with Crippen LogP contribution < -0.4 is 11.1 Å². The Balaban J connectivity index is 2.03. The number of carbonyl (C=O) groups is 7. The standard InChI is InChI=1S/C45H61N5O13/c1-21-36-24(10-13-31(54)55)41(3,4)28(48-36)18-27-23(9-12-30(52)53)43(6,19-29(46)51)39(47-27)22(2)37-25(11-14-32(56)57)44(7,20-35(62)63)45(8,50-37)40-26(17-34(60)61)42(5,38(21)49-40)16-15-33(58)59/h18,23-26,40,47H,9-17,19-20H2,1-8H3,(H2,46,51)(H,52,53)(H,54,55)(H,56,57)(H,58,59)(H,60,61)(H,62,63)/b27-18?,36-21?,39-22-/t23-,24-,25-,26+,40-,42-,43+,44+,45+/m1/s1. The van der Waals surface area contributed by atoms with Gasteiger partial charge in [0.25, 0.3) is 0 Å². The Morgan fingerprint density at radius 2 is 1.22 bits per heavy atom. The van der Waals surface area contributed by atoms with Gasteiger partial charge in [0.2, 0.25) is 5.91 Å². The summed E-state index contributed by atoms with van der Waals surface area (Å²) in [4.78, 5) is 104. The Labute approximate surface area is 365 Å². The third-order valence-corrected chi connectivity index (χ3v) is 15.3. The molecule has 5 aliphatic heterocycles. The number of nitrogens with zero attached hydrogens (tertiary/aromatic N) is 3. The van der Waals surface area contributed by atoms with Crippen molar-refractivity contribution >= 4 is 58.9 Å². The van der Waals surface area contributed by atoms with Gasteiger partial charge in [-0.25, -0.2) is 0 Å². The van der Waals surface area contributed by atoms with Crippen molar-refractivity contribution in [3.63, 3.8) is 0 Å². The number of carbonyl (C=O) groups excluding carboxylic acids is 1. The molecule has 8 bridgehead atoms. The molecule has 0 aromatic heterocycles. The molecular weight excluding hydrogens is 819 g/mol. The van der Waals surface area contributed by atoms with Gasteiger partial charge in [-0.15, -0.1) is 0 Å². The zero-order valence-electron chi connectivity index (χ0n) is 37.2. The number of rotatable bonds is 18. The molecule has 0 saturated carbocycles. The average molecular weight is 880 g/mol. The summed E-state index contributed by atoms with van der Waals surface area (Å²) in [5, 5.41) is 64.7. The second kappa shape index (κ2) is 17.1. The second-order valence-electron chi connectivity index (χ2n) is 19.5. The summed E-state index contributed by atoms with van der Waals surface area (Å²) in [5.74, 6) is -10.8. The van der Waals surface area contributed by atoms with E-state index in [2.05, 4.69) is 5.32 Å². The lowest BCUT2D eigenvalue weighted by Gasteiger charge is -2.48. The highest BCUT2D eigenvalue weighted by atomic mass is 16.4. The number of aliphatic imine (C=N–C) groups is 3. The van der Waals surface area contributed by atoms with E-state index in [-0.39, 0.29) is 51.4 Å². The first-order valence-corrected chi connectivity index (χ1v) is 21.3. The van der Waals surface area contributed by atoms with Crippen LogP contribution in [0.2, 0.25) is 0 Å². The molecule has 1 saturated heterocycles. The summed E-state index contributed by atoms with van der Waals surface area (Å²) < 4.78 is 0. The highest BCUT2D eigenvalue weighted by Gasteiger charge is 2.66. The third kappa shape index (κ3) is 8.56. The molecule has 0 spiro atoms. The third-order valence-electron chi connectivity index (χ3n) is 15.3. The summed E-state index contributed by atoms with van der Waals surface area (Å²) >= 11 is 0. The first-order valence-electron chi connectivity index (χ1n) is 21.3. The summed E-state index contributed by atoms with van der Waals surface area (Å²) in [6.07, 6.45) is -0.957. The fourth-order valence-corrected chi connectivity index (χ4v) is 11.8. The first kappa shape index (κ1) is 48.4. The Kier molecular flexibility index (Phi) is 13.1. The van der Waals surface area contributed by atoms with Gasteiger partial charge >= 0.3 is 35.8 Å². The van der Waals surface area contributed by atoms with Crippen LogP contribution in [-0.4, -0.2) is 101 Å². The molecule has 5 aliphatic rings. The van der Waals surface area contributed by atoms with Crippen molar-refractivity contribution in [3.05, 3.63) is 34.3 Å². The molecule has 1 amide bonds. The van der Waals surface area contributed by atoms with Crippen LogP contribution in [0.1, 0.15) is 126 Å². The molecule has 18 heteroatoms. The molecule has 0 unspecified atom stereocenters. The smallest absolute Gasteiger partial charge is 0.304 e. The van der Waals surface area contributed by atoms with Gasteiger partial charge in [-0.3, -0.25) is 48.5 Å². The number of nitrogens with two attached hydrogens (primary N) is 1. The van der Waals surface area contributed by atoms with E-state index in [1.807, 2.05) is 13.8 Å². The molecule has 9 N–H and O–H groups in total. The number of primary amides is 1. The number of amides is 1. The van der Waals surface area contributed by atoms with E-state index in [1.54, 1.807) is 47.6 Å². The van der Waals surface area contributed by atoms with Gasteiger partial charge in [0, 0.05) is 112 Å². The number of aliphatic carboxylic acids is 6. The number of nitrogens with one attached hydrogen (secondary N) is 1. The maximum atomic E-state index is 13.1. The van der Waals surface area contributed by atoms with Gasteiger partial charge < -0.3 is 41.7 Å². The highest BCUT2D eigenvalue weighted by molar-refractivity contribution is 6.10. The predicted octanol–water partition coefficient (Wildman–Crippen LogP) is 5.32. The zero-order chi connectivity index (χ0) is 47.4. The Bertz CT molecular complexity index is 2220. The van der Waals surface area contributed by atoms with Gasteiger partial charge in [0.1, 0.15) is 0 Å². The van der Waals surface area contributed by atoms with Crippen molar-refractivity contribution in [2.24, 2.45) is 66.0 Å². The zero-order valence-corrected chi connectivity index (χ0v) is 37.2. The number of carboxylic acids is 6. The molecule has 63 heavy (non-hydrogen) atoms. The van der Waals surface area contributed by atoms with E-state index in [4.69, 9.17) is 20.7 Å². The van der Waals surface area contributed by atoms with E-state index in [9.17, 15) is 64.2 Å². The van der Waals surface area contributed by atoms with Crippen molar-refractivity contribution < 1.29 is 64.2 Å². The molecule has 5 rings (SSSR count). The van der Waals surface area contributed by atoms with E-state index in [0.29, 0.717) is 45.4 Å². The minimum absolute atomic E-state index is 0.0354. The van der Waals surface area contributed by atoms with Crippen molar-refractivity contribution in [3.8, 4) is 0 Å². The van der Waals surface area contributed by atoms with Crippen LogP contribution in [-0.2, 0) is 33.6 Å². The normalized spacial score (nSPS) is 34.2. The van der Waals surface area contributed by atoms with Gasteiger partial charge in [0.05, 0.1) is 24.4 Å². The number of hydrogen-bond acceptors (Lipinski definition) is 11. The van der Waals surface area contributed by atoms with Crippen LogP contribution in [0.4, 0.5) is 0 Å². The van der Waals surface area contributed by atoms with E-state index in [1.165, 1.54) is 0 Å². The van der Waals surface area contributed by atoms with Crippen molar-refractivity contribution in [2.75, 3.05) is 0 Å². The van der Waals surface area contributed by atoms with Crippen LogP contribution in [0.3, 0.4) is 0 Å². The summed E-state index contributed by atoms with van der Waals surface area (Å²) in [6.45, 7) is 14.2. The van der Waals surface area contributed by atoms with Crippen LogP contribution in [0.15, 0.2) is 49.3 Å². The molecule has 5 heterocycles. The fraction of sp³-hybridized carbons (Fsp3) is 0.644. The minimum Gasteiger partial charge on any atom is -0.481 e. The number of hydrogen-bond donors (Lipinski definition) is 8. The topological polar surface area (TPSA) is 316 Å². The van der Waals surface area contributed by atoms with E-state index in [0.717, 1.165) is 0 Å². The van der Waals surface area contributed by atoms with Crippen molar-refractivity contribution in [1.29, 1.82) is 0 Å². The number of fused-ring (bicyclic) bond motifs is 6. The fourth-order valence-electron chi connectivity index (χ4n) is 11.8. The lowest BCUT2D eigenvalue weighted by atomic mass is 9.55. The van der Waals surface area contributed by atoms with E-state index >= 15 is 0 Å². The van der Waals surface area contributed by atoms with Gasteiger partial charge in [-0.2, -0.15) is 0 Å². The molecule has 0 aliphatic carbocycles. The number of carboxylic acid groups (broad SMARTS) is 6. The molecule has 0 aromatic rings. The van der Waals surface area contributed by atoms with Gasteiger partial charge in [-0.05, 0) is 63.7 Å². The summed E-state index contributed by atoms with van der Waals surface area (Å²) in [5.41, 5.74) is 2.87. The Hall–Kier alpha value is -5.68. The molecule has 9 atom stereocenters. The minimum atomic E-state index is -1.60. The number of allylic oxidation sites excluding steroid dienone is 6. The van der Waals surface area contributed by atoms with Crippen molar-refractivity contribution in [2.45, 2.75) is 138 Å². The van der Waals surface area contributed by atoms with Crippen LogP contribution in [0.25, 0.3) is 0 Å². The van der Waals surface area contributed by atoms with Crippen molar-refractivity contribution in [1.82, 2.24) is 5.32 Å². The molecular formula is C45H61N5O13. The van der Waals surface area contributed by atoms with Gasteiger partial charge in [0.15, 0.2) is 0 Å². The van der Waals surface area contributed by atoms with Crippen LogP contribution >= 0.6 is 0 Å². The predicted molar refractivity (Wildman–Crippen MR) is 229 cm³/mol. The maximum absolute atomic E-state index is 13.1. The van der Waals surface area contributed by atoms with E-state index < -0.39 is 118 Å². The SMILES string of the molecule is CC1=C2N=C(C=C3N/C(=C(/C)C4=N[C@@](C)([C@@H]5N=C1[C@](C)(CCC(=O)O)[C@H]5CC(=O)O)[C@@](C)(CC(=O)O)[C@@H]4CCC(=O)O)[C@@](C)(CC(N)=O)[C@@H]3CCC(=O)O)C(C)(C)[C@@H]2CCC(=O)O. The maximum Gasteiger partial charge on any atom is 0.304 e. The molecule has 18 nitrogen and oxygen atoms in total. The molecule has 1 fully saturated rings. The molecule has 0 radical (unpaired) electrons.